The number of nitrogens with zero attached hydrogens (tertiary/aromatic N) is 1. The minimum absolute atomic E-state index is 0.0681. The number of Topliss-reactive ketones (excluding diaryl/α,β-unsaturated/α-hetero) is 1. The van der Waals surface area contributed by atoms with Crippen molar-refractivity contribution in [3.8, 4) is 0 Å². The summed E-state index contributed by atoms with van der Waals surface area (Å²) >= 11 is 0. The molecule has 0 fully saturated rings. The van der Waals surface area contributed by atoms with Gasteiger partial charge < -0.3 is 5.32 Å². The summed E-state index contributed by atoms with van der Waals surface area (Å²) < 4.78 is 0. The molecular weight excluding hydrogens is 224 g/mol. The number of amidine groups is 1. The maximum absolute atomic E-state index is 11.3. The second-order valence-electron chi connectivity index (χ2n) is 4.22. The summed E-state index contributed by atoms with van der Waals surface area (Å²) in [5.41, 5.74) is 2.72. The quantitative estimate of drug-likeness (QED) is 0.495. The molecule has 0 saturated heterocycles. The molecule has 0 atom stereocenters. The fourth-order valence-electron chi connectivity index (χ4n) is 1.47. The largest absolute Gasteiger partial charge is 0.344 e. The highest BCUT2D eigenvalue weighted by Crippen LogP contribution is 2.17. The Morgan fingerprint density at radius 3 is 2.72 bits per heavy atom. The summed E-state index contributed by atoms with van der Waals surface area (Å²) in [7, 11) is 0. The standard InChI is InChI=1S/C15H20N2O/c1-5-6-9-16-13(4)17-15-10-14(12(3)18)8-7-11(15)2/h6-10H,5H2,1-4H3,(H,16,17). The first-order valence-corrected chi connectivity index (χ1v) is 6.12. The van der Waals surface area contributed by atoms with Crippen molar-refractivity contribution in [2.45, 2.75) is 34.1 Å². The van der Waals surface area contributed by atoms with Crippen LogP contribution in [-0.2, 0) is 0 Å². The van der Waals surface area contributed by atoms with Crippen LogP contribution in [0.2, 0.25) is 0 Å². The number of hydrogen-bond acceptors (Lipinski definition) is 2. The van der Waals surface area contributed by atoms with E-state index in [4.69, 9.17) is 0 Å². The number of nitrogens with one attached hydrogen (secondary N) is 1. The monoisotopic (exact) mass is 244 g/mol. The summed E-state index contributed by atoms with van der Waals surface area (Å²) in [5.74, 6) is 0.877. The highest BCUT2D eigenvalue weighted by molar-refractivity contribution is 5.98. The summed E-state index contributed by atoms with van der Waals surface area (Å²) in [5, 5.41) is 3.21. The normalized spacial score (nSPS) is 11.9. The van der Waals surface area contributed by atoms with E-state index in [1.807, 2.05) is 38.1 Å². The van der Waals surface area contributed by atoms with Crippen molar-refractivity contribution in [3.63, 3.8) is 0 Å². The SMILES string of the molecule is CCC=CN=C(C)Nc1cc(C(C)=O)ccc1C. The van der Waals surface area contributed by atoms with Crippen molar-refractivity contribution >= 4 is 17.3 Å². The molecule has 0 aromatic heterocycles. The number of ketones is 1. The second kappa shape index (κ2) is 6.74. The van der Waals surface area contributed by atoms with Crippen LogP contribution < -0.4 is 5.32 Å². The third kappa shape index (κ3) is 4.17. The van der Waals surface area contributed by atoms with Crippen LogP contribution >= 0.6 is 0 Å². The van der Waals surface area contributed by atoms with Gasteiger partial charge in [-0.05, 0) is 38.8 Å². The molecule has 3 heteroatoms. The van der Waals surface area contributed by atoms with E-state index in [0.29, 0.717) is 5.56 Å². The van der Waals surface area contributed by atoms with Gasteiger partial charge in [0.2, 0.25) is 0 Å². The molecule has 1 rings (SSSR count). The van der Waals surface area contributed by atoms with E-state index in [-0.39, 0.29) is 5.78 Å². The number of carbonyl (C=O) groups excluding carboxylic acids is 1. The van der Waals surface area contributed by atoms with Crippen LogP contribution in [0.25, 0.3) is 0 Å². The maximum Gasteiger partial charge on any atom is 0.159 e. The number of aliphatic imine (C=N–C) groups is 1. The minimum Gasteiger partial charge on any atom is -0.344 e. The van der Waals surface area contributed by atoms with Crippen LogP contribution in [0.15, 0.2) is 35.5 Å². The van der Waals surface area contributed by atoms with Crippen molar-refractivity contribution in [2.24, 2.45) is 4.99 Å². The van der Waals surface area contributed by atoms with Gasteiger partial charge in [0.1, 0.15) is 5.84 Å². The van der Waals surface area contributed by atoms with E-state index in [1.54, 1.807) is 13.1 Å². The third-order valence-corrected chi connectivity index (χ3v) is 2.57. The Morgan fingerprint density at radius 1 is 1.39 bits per heavy atom. The van der Waals surface area contributed by atoms with E-state index in [9.17, 15) is 4.79 Å². The van der Waals surface area contributed by atoms with Gasteiger partial charge in [0.15, 0.2) is 5.78 Å². The number of hydrogen-bond donors (Lipinski definition) is 1. The van der Waals surface area contributed by atoms with Crippen molar-refractivity contribution in [3.05, 3.63) is 41.6 Å². The molecule has 0 bridgehead atoms. The number of benzene rings is 1. The predicted molar refractivity (Wildman–Crippen MR) is 77.3 cm³/mol. The lowest BCUT2D eigenvalue weighted by atomic mass is 10.1. The molecule has 1 aromatic carbocycles. The van der Waals surface area contributed by atoms with Crippen LogP contribution in [0, 0.1) is 6.92 Å². The van der Waals surface area contributed by atoms with Crippen molar-refractivity contribution in [1.29, 1.82) is 0 Å². The van der Waals surface area contributed by atoms with Gasteiger partial charge in [-0.3, -0.25) is 4.79 Å². The first-order valence-electron chi connectivity index (χ1n) is 6.12. The maximum atomic E-state index is 11.3. The third-order valence-electron chi connectivity index (χ3n) is 2.57. The fraction of sp³-hybridized carbons (Fsp3) is 0.333. The molecule has 0 unspecified atom stereocenters. The first-order chi connectivity index (χ1) is 8.54. The van der Waals surface area contributed by atoms with Crippen LogP contribution in [0.1, 0.15) is 43.1 Å². The molecule has 0 amide bonds. The average Bonchev–Trinajstić information content (AvgIpc) is 2.32. The minimum atomic E-state index is 0.0681. The zero-order valence-corrected chi connectivity index (χ0v) is 11.4. The molecule has 1 N–H and O–H groups in total. The Balaban J connectivity index is 2.89. The number of aryl methyl sites for hydroxylation is 1. The Kier molecular flexibility index (Phi) is 5.31. The van der Waals surface area contributed by atoms with Crippen molar-refractivity contribution < 1.29 is 4.79 Å². The number of rotatable bonds is 4. The molecule has 0 spiro atoms. The zero-order valence-electron chi connectivity index (χ0n) is 11.4. The van der Waals surface area contributed by atoms with Crippen molar-refractivity contribution in [2.75, 3.05) is 5.32 Å². The van der Waals surface area contributed by atoms with Gasteiger partial charge in [0.25, 0.3) is 0 Å². The lowest BCUT2D eigenvalue weighted by Crippen LogP contribution is -2.08. The Morgan fingerprint density at radius 2 is 2.11 bits per heavy atom. The highest BCUT2D eigenvalue weighted by atomic mass is 16.1. The molecular formula is C15H20N2O. The zero-order chi connectivity index (χ0) is 13.5. The molecule has 0 aliphatic heterocycles. The number of allylic oxidation sites excluding steroid dienone is 1. The average molecular weight is 244 g/mol. The smallest absolute Gasteiger partial charge is 0.159 e. The predicted octanol–water partition coefficient (Wildman–Crippen LogP) is 3.95. The Hall–Kier alpha value is -1.90. The summed E-state index contributed by atoms with van der Waals surface area (Å²) in [6.45, 7) is 7.54. The van der Waals surface area contributed by atoms with E-state index < -0.39 is 0 Å². The summed E-state index contributed by atoms with van der Waals surface area (Å²) in [4.78, 5) is 15.6. The molecule has 0 aliphatic carbocycles. The van der Waals surface area contributed by atoms with E-state index in [1.165, 1.54) is 0 Å². The lowest BCUT2D eigenvalue weighted by Gasteiger charge is -2.09. The molecule has 0 aliphatic rings. The van der Waals surface area contributed by atoms with Crippen LogP contribution in [0.4, 0.5) is 5.69 Å². The van der Waals surface area contributed by atoms with Crippen LogP contribution in [-0.4, -0.2) is 11.6 Å². The van der Waals surface area contributed by atoms with E-state index in [0.717, 1.165) is 23.5 Å². The fourth-order valence-corrected chi connectivity index (χ4v) is 1.47. The van der Waals surface area contributed by atoms with Gasteiger partial charge in [-0.2, -0.15) is 0 Å². The van der Waals surface area contributed by atoms with Gasteiger partial charge in [-0.15, -0.1) is 0 Å². The molecule has 18 heavy (non-hydrogen) atoms. The molecule has 1 aromatic rings. The molecule has 96 valence electrons. The molecule has 0 saturated carbocycles. The van der Waals surface area contributed by atoms with Gasteiger partial charge >= 0.3 is 0 Å². The topological polar surface area (TPSA) is 41.5 Å². The Labute approximate surface area is 109 Å². The first kappa shape index (κ1) is 14.2. The van der Waals surface area contributed by atoms with E-state index in [2.05, 4.69) is 17.2 Å². The van der Waals surface area contributed by atoms with Crippen molar-refractivity contribution in [1.82, 2.24) is 0 Å². The van der Waals surface area contributed by atoms with Gasteiger partial charge in [-0.25, -0.2) is 4.99 Å². The van der Waals surface area contributed by atoms with Gasteiger partial charge in [-0.1, -0.05) is 25.1 Å². The van der Waals surface area contributed by atoms with Gasteiger partial charge in [0.05, 0.1) is 0 Å². The molecule has 0 radical (unpaired) electrons. The molecule has 3 nitrogen and oxygen atoms in total. The summed E-state index contributed by atoms with van der Waals surface area (Å²) in [6.07, 6.45) is 4.74. The van der Waals surface area contributed by atoms with Crippen LogP contribution in [0.5, 0.6) is 0 Å². The van der Waals surface area contributed by atoms with Gasteiger partial charge in [0, 0.05) is 17.5 Å². The molecule has 0 heterocycles. The Bertz CT molecular complexity index is 487. The summed E-state index contributed by atoms with van der Waals surface area (Å²) in [6, 6.07) is 5.64. The highest BCUT2D eigenvalue weighted by Gasteiger charge is 2.04. The number of anilines is 1. The number of carbonyl (C=O) groups is 1. The lowest BCUT2D eigenvalue weighted by molar-refractivity contribution is 0.101. The van der Waals surface area contributed by atoms with Crippen LogP contribution in [0.3, 0.4) is 0 Å². The second-order valence-corrected chi connectivity index (χ2v) is 4.22. The van der Waals surface area contributed by atoms with E-state index >= 15 is 0 Å².